The van der Waals surface area contributed by atoms with Crippen molar-refractivity contribution in [3.05, 3.63) is 24.3 Å². The minimum absolute atomic E-state index is 0.679. The second-order valence-corrected chi connectivity index (χ2v) is 5.58. The molecule has 0 aromatic heterocycles. The van der Waals surface area contributed by atoms with Crippen LogP contribution in [0.4, 0.5) is 11.4 Å². The molecule has 3 nitrogen and oxygen atoms in total. The van der Waals surface area contributed by atoms with Crippen molar-refractivity contribution in [2.45, 2.75) is 38.4 Å². The lowest BCUT2D eigenvalue weighted by Crippen LogP contribution is -2.48. The van der Waals surface area contributed by atoms with E-state index in [9.17, 15) is 0 Å². The number of hydrogen-bond donors (Lipinski definition) is 1. The summed E-state index contributed by atoms with van der Waals surface area (Å²) in [5.74, 6) is 0. The molecule has 2 heterocycles. The zero-order valence-corrected chi connectivity index (χ0v) is 10.6. The van der Waals surface area contributed by atoms with Crippen LogP contribution < -0.4 is 10.6 Å². The summed E-state index contributed by atoms with van der Waals surface area (Å²) in [4.78, 5) is 5.18. The Kier molecular flexibility index (Phi) is 2.51. The van der Waals surface area contributed by atoms with Crippen LogP contribution >= 0.6 is 0 Å². The van der Waals surface area contributed by atoms with Crippen molar-refractivity contribution in [1.82, 2.24) is 4.90 Å². The molecule has 2 fully saturated rings. The molecule has 3 rings (SSSR count). The van der Waals surface area contributed by atoms with Gasteiger partial charge in [-0.15, -0.1) is 0 Å². The summed E-state index contributed by atoms with van der Waals surface area (Å²) in [6, 6.07) is 10.4. The van der Waals surface area contributed by atoms with Gasteiger partial charge in [0.05, 0.1) is 0 Å². The minimum atomic E-state index is 0.679. The van der Waals surface area contributed by atoms with Gasteiger partial charge in [-0.25, -0.2) is 0 Å². The monoisotopic (exact) mass is 231 g/mol. The van der Waals surface area contributed by atoms with Crippen LogP contribution in [0.25, 0.3) is 0 Å². The molecule has 0 radical (unpaired) electrons. The molecule has 3 heteroatoms. The van der Waals surface area contributed by atoms with Crippen molar-refractivity contribution in [2.24, 2.45) is 0 Å². The molecule has 2 aliphatic rings. The zero-order chi connectivity index (χ0) is 12.0. The number of rotatable bonds is 2. The van der Waals surface area contributed by atoms with Gasteiger partial charge in [0.15, 0.2) is 0 Å². The molecule has 2 unspecified atom stereocenters. The highest BCUT2D eigenvalue weighted by Gasteiger charge is 2.43. The quantitative estimate of drug-likeness (QED) is 0.790. The Morgan fingerprint density at radius 3 is 2.35 bits per heavy atom. The van der Waals surface area contributed by atoms with Crippen LogP contribution in [0, 0.1) is 0 Å². The number of hydrogen-bond acceptors (Lipinski definition) is 3. The van der Waals surface area contributed by atoms with Crippen molar-refractivity contribution in [3.63, 3.8) is 0 Å². The van der Waals surface area contributed by atoms with E-state index in [1.165, 1.54) is 25.2 Å². The third-order valence-corrected chi connectivity index (χ3v) is 4.17. The van der Waals surface area contributed by atoms with Crippen molar-refractivity contribution in [1.29, 1.82) is 0 Å². The van der Waals surface area contributed by atoms with Crippen LogP contribution in [0.3, 0.4) is 0 Å². The Bertz CT molecular complexity index is 398. The summed E-state index contributed by atoms with van der Waals surface area (Å²) < 4.78 is 0. The van der Waals surface area contributed by atoms with E-state index in [-0.39, 0.29) is 0 Å². The van der Waals surface area contributed by atoms with Gasteiger partial charge in [-0.05, 0) is 44.5 Å². The lowest BCUT2D eigenvalue weighted by atomic mass is 10.2. The van der Waals surface area contributed by atoms with Crippen molar-refractivity contribution >= 4 is 11.4 Å². The average Bonchev–Trinajstić information content (AvgIpc) is 2.89. The second-order valence-electron chi connectivity index (χ2n) is 5.58. The van der Waals surface area contributed by atoms with Crippen LogP contribution in [0.2, 0.25) is 0 Å². The second kappa shape index (κ2) is 3.91. The van der Waals surface area contributed by atoms with Gasteiger partial charge in [0, 0.05) is 42.6 Å². The molecule has 2 N–H and O–H groups in total. The highest BCUT2D eigenvalue weighted by atomic mass is 15.4. The summed E-state index contributed by atoms with van der Waals surface area (Å²) in [7, 11) is 0. The molecule has 2 atom stereocenters. The van der Waals surface area contributed by atoms with Crippen LogP contribution in [0.5, 0.6) is 0 Å². The van der Waals surface area contributed by atoms with E-state index in [0.717, 1.165) is 11.7 Å². The van der Waals surface area contributed by atoms with Gasteiger partial charge >= 0.3 is 0 Å². The van der Waals surface area contributed by atoms with Crippen LogP contribution in [0.15, 0.2) is 24.3 Å². The number of nitrogens with zero attached hydrogens (tertiary/aromatic N) is 2. The van der Waals surface area contributed by atoms with Crippen LogP contribution in [-0.4, -0.2) is 36.1 Å². The fraction of sp³-hybridized carbons (Fsp3) is 0.571. The standard InChI is InChI=1S/C14H21N3/c1-10(2)16-8-14-7-13(16)9-17(14)12-5-3-11(15)4-6-12/h3-6,10,13-14H,7-9,15H2,1-2H3. The summed E-state index contributed by atoms with van der Waals surface area (Å²) in [6.07, 6.45) is 1.32. The Balaban J connectivity index is 1.76. The lowest BCUT2D eigenvalue weighted by Gasteiger charge is -2.37. The van der Waals surface area contributed by atoms with Crippen LogP contribution in [-0.2, 0) is 0 Å². The third-order valence-electron chi connectivity index (χ3n) is 4.17. The van der Waals surface area contributed by atoms with E-state index in [4.69, 9.17) is 5.73 Å². The normalized spacial score (nSPS) is 28.3. The van der Waals surface area contributed by atoms with Gasteiger partial charge < -0.3 is 10.6 Å². The SMILES string of the molecule is CC(C)N1CC2CC1CN2c1ccc(N)cc1. The molecule has 0 aliphatic carbocycles. The average molecular weight is 231 g/mol. The molecule has 1 aromatic rings. The maximum absolute atomic E-state index is 5.74. The summed E-state index contributed by atoms with van der Waals surface area (Å²) in [6.45, 7) is 6.99. The van der Waals surface area contributed by atoms with Gasteiger partial charge in [0.25, 0.3) is 0 Å². The third kappa shape index (κ3) is 1.78. The van der Waals surface area contributed by atoms with E-state index in [1.54, 1.807) is 0 Å². The van der Waals surface area contributed by atoms with Crippen molar-refractivity contribution < 1.29 is 0 Å². The number of benzene rings is 1. The fourth-order valence-corrected chi connectivity index (χ4v) is 3.31. The van der Waals surface area contributed by atoms with E-state index >= 15 is 0 Å². The van der Waals surface area contributed by atoms with Crippen molar-refractivity contribution in [2.75, 3.05) is 23.7 Å². The van der Waals surface area contributed by atoms with Gasteiger partial charge in [-0.1, -0.05) is 0 Å². The van der Waals surface area contributed by atoms with Gasteiger partial charge in [-0.3, -0.25) is 4.90 Å². The topological polar surface area (TPSA) is 32.5 Å². The van der Waals surface area contributed by atoms with Gasteiger partial charge in [0.2, 0.25) is 0 Å². The van der Waals surface area contributed by atoms with Gasteiger partial charge in [-0.2, -0.15) is 0 Å². The first kappa shape index (κ1) is 10.9. The number of nitrogen functional groups attached to an aromatic ring is 1. The van der Waals surface area contributed by atoms with E-state index < -0.39 is 0 Å². The molecule has 1 aromatic carbocycles. The smallest absolute Gasteiger partial charge is 0.0433 e. The van der Waals surface area contributed by atoms with Crippen molar-refractivity contribution in [3.8, 4) is 0 Å². The first-order valence-electron chi connectivity index (χ1n) is 6.53. The first-order valence-corrected chi connectivity index (χ1v) is 6.53. The van der Waals surface area contributed by atoms with E-state index in [0.29, 0.717) is 12.1 Å². The molecule has 2 bridgehead atoms. The predicted octanol–water partition coefficient (Wildman–Crippen LogP) is 1.94. The Labute approximate surface area is 103 Å². The zero-order valence-electron chi connectivity index (χ0n) is 10.6. The molecular formula is C14H21N3. The fourth-order valence-electron chi connectivity index (χ4n) is 3.31. The molecule has 0 amide bonds. The summed E-state index contributed by atoms with van der Waals surface area (Å²) in [5.41, 5.74) is 7.91. The number of piperazine rings is 1. The Morgan fingerprint density at radius 1 is 1.12 bits per heavy atom. The number of likely N-dealkylation sites (tertiary alicyclic amines) is 1. The molecule has 2 aliphatic heterocycles. The summed E-state index contributed by atoms with van der Waals surface area (Å²) >= 11 is 0. The molecule has 92 valence electrons. The van der Waals surface area contributed by atoms with E-state index in [2.05, 4.69) is 35.8 Å². The largest absolute Gasteiger partial charge is 0.399 e. The van der Waals surface area contributed by atoms with Crippen LogP contribution in [0.1, 0.15) is 20.3 Å². The molecule has 2 saturated heterocycles. The predicted molar refractivity (Wildman–Crippen MR) is 72.2 cm³/mol. The number of nitrogens with two attached hydrogens (primary N) is 1. The first-order chi connectivity index (χ1) is 8.15. The highest BCUT2D eigenvalue weighted by molar-refractivity contribution is 5.55. The molecule has 0 saturated carbocycles. The number of anilines is 2. The molecular weight excluding hydrogens is 210 g/mol. The Hall–Kier alpha value is -1.22. The van der Waals surface area contributed by atoms with Gasteiger partial charge in [0.1, 0.15) is 0 Å². The minimum Gasteiger partial charge on any atom is -0.399 e. The summed E-state index contributed by atoms with van der Waals surface area (Å²) in [5, 5.41) is 0. The highest BCUT2D eigenvalue weighted by Crippen LogP contribution is 2.35. The molecule has 17 heavy (non-hydrogen) atoms. The maximum Gasteiger partial charge on any atom is 0.0433 e. The maximum atomic E-state index is 5.74. The van der Waals surface area contributed by atoms with E-state index in [1.807, 2.05) is 12.1 Å². The Morgan fingerprint density at radius 2 is 1.82 bits per heavy atom. The number of fused-ring (bicyclic) bond motifs is 2. The molecule has 0 spiro atoms. The lowest BCUT2D eigenvalue weighted by molar-refractivity contribution is 0.191.